The van der Waals surface area contributed by atoms with E-state index in [2.05, 4.69) is 0 Å². The van der Waals surface area contributed by atoms with Gasteiger partial charge in [0.2, 0.25) is 0 Å². The Balaban J connectivity index is 3.81. The Morgan fingerprint density at radius 2 is 1.92 bits per heavy atom. The molecule has 0 radical (unpaired) electrons. The molecule has 0 aromatic heterocycles. The quantitative estimate of drug-likeness (QED) is 0.604. The van der Waals surface area contributed by atoms with Crippen molar-refractivity contribution in [1.82, 2.24) is 9.80 Å². The summed E-state index contributed by atoms with van der Waals surface area (Å²) >= 11 is 0. The van der Waals surface area contributed by atoms with Crippen LogP contribution in [0.2, 0.25) is 0 Å². The Hall–Kier alpha value is -0.770. The van der Waals surface area contributed by atoms with Crippen molar-refractivity contribution in [2.75, 3.05) is 40.4 Å². The lowest BCUT2D eigenvalue weighted by Gasteiger charge is -2.24. The average molecular weight is 188 g/mol. The van der Waals surface area contributed by atoms with Crippen molar-refractivity contribution in [3.8, 4) is 0 Å². The maximum atomic E-state index is 11.5. The van der Waals surface area contributed by atoms with Gasteiger partial charge in [-0.1, -0.05) is 0 Å². The zero-order valence-electron chi connectivity index (χ0n) is 9.04. The molecule has 0 saturated carbocycles. The van der Waals surface area contributed by atoms with Crippen molar-refractivity contribution in [3.05, 3.63) is 0 Å². The van der Waals surface area contributed by atoms with Gasteiger partial charge in [0.25, 0.3) is 0 Å². The Kier molecular flexibility index (Phi) is 6.32. The van der Waals surface area contributed by atoms with E-state index in [1.54, 1.807) is 23.9 Å². The zero-order valence-corrected chi connectivity index (χ0v) is 9.04. The maximum Gasteiger partial charge on any atom is 0.319 e. The minimum Gasteiger partial charge on any atom is -0.380 e. The molecule has 4 nitrogen and oxygen atoms in total. The molecule has 0 N–H and O–H groups in total. The van der Waals surface area contributed by atoms with Crippen molar-refractivity contribution < 1.29 is 9.53 Å². The summed E-state index contributed by atoms with van der Waals surface area (Å²) in [5, 5.41) is 0. The monoisotopic (exact) mass is 188 g/mol. The van der Waals surface area contributed by atoms with Gasteiger partial charge in [-0.2, -0.15) is 0 Å². The van der Waals surface area contributed by atoms with Crippen LogP contribution in [-0.2, 0) is 4.74 Å². The molecular weight excluding hydrogens is 168 g/mol. The molecule has 0 fully saturated rings. The Morgan fingerprint density at radius 3 is 2.31 bits per heavy atom. The third-order valence-electron chi connectivity index (χ3n) is 1.74. The first-order chi connectivity index (χ1) is 6.13. The second kappa shape index (κ2) is 6.71. The van der Waals surface area contributed by atoms with Crippen LogP contribution in [0.5, 0.6) is 0 Å². The average Bonchev–Trinajstić information content (AvgIpc) is 2.11. The number of urea groups is 1. The van der Waals surface area contributed by atoms with Crippen molar-refractivity contribution in [3.63, 3.8) is 0 Å². The molecule has 0 bridgehead atoms. The molecule has 78 valence electrons. The summed E-state index contributed by atoms with van der Waals surface area (Å²) in [5.41, 5.74) is 0. The fourth-order valence-electron chi connectivity index (χ4n) is 0.991. The summed E-state index contributed by atoms with van der Waals surface area (Å²) in [5.74, 6) is 0. The first-order valence-electron chi connectivity index (χ1n) is 4.67. The van der Waals surface area contributed by atoms with Crippen LogP contribution in [0.15, 0.2) is 0 Å². The molecule has 0 aromatic carbocycles. The van der Waals surface area contributed by atoms with Crippen molar-refractivity contribution >= 4 is 6.03 Å². The number of nitrogens with zero attached hydrogens (tertiary/aromatic N) is 2. The minimum atomic E-state index is 0.0437. The molecular formula is C9H20N2O2. The van der Waals surface area contributed by atoms with E-state index in [1.807, 2.05) is 13.8 Å². The lowest BCUT2D eigenvalue weighted by molar-refractivity contribution is 0.113. The molecule has 0 spiro atoms. The standard InChI is InChI=1S/C9H20N2O2/c1-5-11(7-8-13-6-2)9(12)10(3)4/h5-8H2,1-4H3. The van der Waals surface area contributed by atoms with E-state index in [0.717, 1.165) is 6.54 Å². The SMILES string of the molecule is CCOCCN(CC)C(=O)N(C)C. The van der Waals surface area contributed by atoms with Crippen LogP contribution in [0.4, 0.5) is 4.79 Å². The summed E-state index contributed by atoms with van der Waals surface area (Å²) < 4.78 is 5.18. The van der Waals surface area contributed by atoms with E-state index in [1.165, 1.54) is 0 Å². The topological polar surface area (TPSA) is 32.8 Å². The van der Waals surface area contributed by atoms with E-state index >= 15 is 0 Å². The molecule has 0 rings (SSSR count). The Morgan fingerprint density at radius 1 is 1.31 bits per heavy atom. The highest BCUT2D eigenvalue weighted by Crippen LogP contribution is 1.94. The molecule has 0 aliphatic heterocycles. The lowest BCUT2D eigenvalue weighted by Crippen LogP contribution is -2.40. The van der Waals surface area contributed by atoms with Gasteiger partial charge in [0.1, 0.15) is 0 Å². The Labute approximate surface area is 80.5 Å². The van der Waals surface area contributed by atoms with Gasteiger partial charge in [0.15, 0.2) is 0 Å². The van der Waals surface area contributed by atoms with E-state index < -0.39 is 0 Å². The van der Waals surface area contributed by atoms with Gasteiger partial charge in [0.05, 0.1) is 6.61 Å². The zero-order chi connectivity index (χ0) is 10.3. The first-order valence-corrected chi connectivity index (χ1v) is 4.67. The molecule has 0 heterocycles. The van der Waals surface area contributed by atoms with Gasteiger partial charge in [-0.15, -0.1) is 0 Å². The number of carbonyl (C=O) groups is 1. The highest BCUT2D eigenvalue weighted by atomic mass is 16.5. The predicted octanol–water partition coefficient (Wildman–Crippen LogP) is 1.03. The molecule has 0 saturated heterocycles. The van der Waals surface area contributed by atoms with Gasteiger partial charge >= 0.3 is 6.03 Å². The summed E-state index contributed by atoms with van der Waals surface area (Å²) in [4.78, 5) is 14.8. The number of hydrogen-bond acceptors (Lipinski definition) is 2. The van der Waals surface area contributed by atoms with E-state index in [4.69, 9.17) is 4.74 Å². The van der Waals surface area contributed by atoms with Gasteiger partial charge in [-0.25, -0.2) is 4.79 Å². The number of likely N-dealkylation sites (N-methyl/N-ethyl adjacent to an activating group) is 1. The van der Waals surface area contributed by atoms with Crippen molar-refractivity contribution in [2.24, 2.45) is 0 Å². The summed E-state index contributed by atoms with van der Waals surface area (Å²) in [7, 11) is 3.51. The number of hydrogen-bond donors (Lipinski definition) is 0. The van der Waals surface area contributed by atoms with Crippen LogP contribution in [0, 0.1) is 0 Å². The van der Waals surface area contributed by atoms with Crippen LogP contribution in [-0.4, -0.2) is 56.2 Å². The predicted molar refractivity (Wildman–Crippen MR) is 52.8 cm³/mol. The van der Waals surface area contributed by atoms with E-state index in [9.17, 15) is 4.79 Å². The highest BCUT2D eigenvalue weighted by molar-refractivity contribution is 5.73. The third kappa shape index (κ3) is 4.72. The van der Waals surface area contributed by atoms with Gasteiger partial charge in [-0.05, 0) is 13.8 Å². The fraction of sp³-hybridized carbons (Fsp3) is 0.889. The molecule has 0 aliphatic carbocycles. The summed E-state index contributed by atoms with van der Waals surface area (Å²) in [6.45, 7) is 6.63. The molecule has 13 heavy (non-hydrogen) atoms. The molecule has 0 unspecified atom stereocenters. The van der Waals surface area contributed by atoms with Crippen LogP contribution in [0.3, 0.4) is 0 Å². The molecule has 0 aromatic rings. The second-order valence-corrected chi connectivity index (χ2v) is 2.95. The first kappa shape index (κ1) is 12.2. The fourth-order valence-corrected chi connectivity index (χ4v) is 0.991. The summed E-state index contributed by atoms with van der Waals surface area (Å²) in [6.07, 6.45) is 0. The second-order valence-electron chi connectivity index (χ2n) is 2.95. The minimum absolute atomic E-state index is 0.0437. The number of carbonyl (C=O) groups excluding carboxylic acids is 1. The van der Waals surface area contributed by atoms with Crippen LogP contribution in [0.25, 0.3) is 0 Å². The van der Waals surface area contributed by atoms with Crippen molar-refractivity contribution in [1.29, 1.82) is 0 Å². The van der Waals surface area contributed by atoms with Gasteiger partial charge < -0.3 is 14.5 Å². The van der Waals surface area contributed by atoms with E-state index in [-0.39, 0.29) is 6.03 Å². The van der Waals surface area contributed by atoms with E-state index in [0.29, 0.717) is 19.8 Å². The Bertz CT molecular complexity index is 149. The number of amides is 2. The molecule has 0 aliphatic rings. The largest absolute Gasteiger partial charge is 0.380 e. The van der Waals surface area contributed by atoms with Gasteiger partial charge in [-0.3, -0.25) is 0 Å². The number of ether oxygens (including phenoxy) is 1. The molecule has 4 heteroatoms. The maximum absolute atomic E-state index is 11.5. The van der Waals surface area contributed by atoms with Crippen LogP contribution in [0.1, 0.15) is 13.8 Å². The molecule has 2 amide bonds. The summed E-state index contributed by atoms with van der Waals surface area (Å²) in [6, 6.07) is 0.0437. The smallest absolute Gasteiger partial charge is 0.319 e. The third-order valence-corrected chi connectivity index (χ3v) is 1.74. The van der Waals surface area contributed by atoms with Crippen LogP contribution >= 0.6 is 0 Å². The van der Waals surface area contributed by atoms with Crippen molar-refractivity contribution in [2.45, 2.75) is 13.8 Å². The van der Waals surface area contributed by atoms with Gasteiger partial charge in [0, 0.05) is 33.8 Å². The highest BCUT2D eigenvalue weighted by Gasteiger charge is 2.12. The molecule has 0 atom stereocenters. The normalized spacial score (nSPS) is 9.85. The number of rotatable bonds is 5. The van der Waals surface area contributed by atoms with Crippen LogP contribution < -0.4 is 0 Å². The lowest BCUT2D eigenvalue weighted by atomic mass is 10.5.